The van der Waals surface area contributed by atoms with Gasteiger partial charge in [-0.2, -0.15) is 0 Å². The van der Waals surface area contributed by atoms with Crippen LogP contribution in [0.25, 0.3) is 0 Å². The van der Waals surface area contributed by atoms with Crippen molar-refractivity contribution in [2.75, 3.05) is 13.1 Å². The van der Waals surface area contributed by atoms with E-state index in [2.05, 4.69) is 20.5 Å². The highest BCUT2D eigenvalue weighted by molar-refractivity contribution is 5.79. The minimum absolute atomic E-state index is 0.0409. The lowest BCUT2D eigenvalue weighted by Crippen LogP contribution is -2.58. The molecule has 4 atom stereocenters. The van der Waals surface area contributed by atoms with Crippen LogP contribution in [0.1, 0.15) is 56.4 Å². The zero-order chi connectivity index (χ0) is 20.6. The summed E-state index contributed by atoms with van der Waals surface area (Å²) in [6.07, 6.45) is 10.5. The molecule has 4 fully saturated rings. The summed E-state index contributed by atoms with van der Waals surface area (Å²) < 4.78 is 7.20. The maximum Gasteiger partial charge on any atom is 0.225 e. The van der Waals surface area contributed by atoms with Gasteiger partial charge in [0, 0.05) is 12.6 Å². The first-order chi connectivity index (χ1) is 14.6. The number of amides is 1. The summed E-state index contributed by atoms with van der Waals surface area (Å²) in [4.78, 5) is 15.2. The second-order valence-corrected chi connectivity index (χ2v) is 9.25. The molecule has 2 bridgehead atoms. The summed E-state index contributed by atoms with van der Waals surface area (Å²) in [6.45, 7) is 3.04. The topological polar surface area (TPSA) is 96.4 Å². The van der Waals surface area contributed by atoms with Gasteiger partial charge in [-0.05, 0) is 50.3 Å². The fourth-order valence-electron chi connectivity index (χ4n) is 5.55. The Hall–Kier alpha value is -2.19. The lowest BCUT2D eigenvalue weighted by Gasteiger charge is -2.49. The predicted octanol–water partition coefficient (Wildman–Crippen LogP) is 2.05. The lowest BCUT2D eigenvalue weighted by molar-refractivity contribution is -0.133. The average molecular weight is 414 g/mol. The van der Waals surface area contributed by atoms with Crippen LogP contribution in [0.5, 0.6) is 0 Å². The molecule has 4 unspecified atom stereocenters. The van der Waals surface area contributed by atoms with Crippen LogP contribution < -0.4 is 5.32 Å². The smallest absolute Gasteiger partial charge is 0.225 e. The van der Waals surface area contributed by atoms with Crippen molar-refractivity contribution in [3.63, 3.8) is 0 Å². The molecule has 0 spiro atoms. The molecule has 1 aliphatic carbocycles. The van der Waals surface area contributed by atoms with E-state index >= 15 is 0 Å². The number of rotatable bonds is 6. The second-order valence-electron chi connectivity index (χ2n) is 9.25. The van der Waals surface area contributed by atoms with Crippen LogP contribution in [0.3, 0.4) is 0 Å². The molecule has 3 aliphatic heterocycles. The van der Waals surface area contributed by atoms with Crippen molar-refractivity contribution in [2.24, 2.45) is 11.8 Å². The maximum absolute atomic E-state index is 12.7. The van der Waals surface area contributed by atoms with Gasteiger partial charge in [0.15, 0.2) is 0 Å². The van der Waals surface area contributed by atoms with E-state index < -0.39 is 5.60 Å². The van der Waals surface area contributed by atoms with Crippen molar-refractivity contribution in [3.05, 3.63) is 36.0 Å². The van der Waals surface area contributed by atoms with Crippen molar-refractivity contribution < 1.29 is 14.3 Å². The third kappa shape index (κ3) is 3.90. The minimum Gasteiger partial charge on any atom is -0.467 e. The molecule has 2 N–H and O–H groups in total. The molecular formula is C22H31N5O3. The molecule has 1 amide bonds. The van der Waals surface area contributed by atoms with Gasteiger partial charge in [-0.1, -0.05) is 24.5 Å². The van der Waals surface area contributed by atoms with Crippen LogP contribution in [-0.2, 0) is 23.5 Å². The first-order valence-corrected chi connectivity index (χ1v) is 11.3. The quantitative estimate of drug-likeness (QED) is 0.752. The van der Waals surface area contributed by atoms with Crippen LogP contribution in [-0.4, -0.2) is 50.0 Å². The van der Waals surface area contributed by atoms with E-state index in [0.717, 1.165) is 63.9 Å². The van der Waals surface area contributed by atoms with E-state index in [1.54, 1.807) is 6.26 Å². The first kappa shape index (κ1) is 19.8. The largest absolute Gasteiger partial charge is 0.467 e. The SMILES string of the molecule is O=C(NCc1ccco1)C1CN2CCC1CC2Cn1cc(C2(O)CCCCC2)nn1. The lowest BCUT2D eigenvalue weighted by atomic mass is 9.75. The number of fused-ring (bicyclic) bond motifs is 3. The van der Waals surface area contributed by atoms with Crippen molar-refractivity contribution in [1.29, 1.82) is 0 Å². The predicted molar refractivity (Wildman–Crippen MR) is 109 cm³/mol. The first-order valence-electron chi connectivity index (χ1n) is 11.3. The summed E-state index contributed by atoms with van der Waals surface area (Å²) in [5, 5.41) is 22.6. The molecule has 8 heteroatoms. The number of carbonyl (C=O) groups is 1. The van der Waals surface area contributed by atoms with Crippen molar-refractivity contribution in [3.8, 4) is 0 Å². The number of aliphatic hydroxyl groups is 1. The van der Waals surface area contributed by atoms with Gasteiger partial charge in [0.1, 0.15) is 17.1 Å². The summed E-state index contributed by atoms with van der Waals surface area (Å²) in [5.41, 5.74) is -0.0900. The van der Waals surface area contributed by atoms with E-state index in [1.165, 1.54) is 6.42 Å². The molecule has 8 nitrogen and oxygen atoms in total. The van der Waals surface area contributed by atoms with Crippen molar-refractivity contribution in [2.45, 2.75) is 69.7 Å². The number of nitrogens with one attached hydrogen (secondary N) is 1. The highest BCUT2D eigenvalue weighted by Crippen LogP contribution is 2.38. The zero-order valence-electron chi connectivity index (χ0n) is 17.4. The Bertz CT molecular complexity index is 858. The third-order valence-corrected chi connectivity index (χ3v) is 7.33. The van der Waals surface area contributed by atoms with Crippen molar-refractivity contribution >= 4 is 5.91 Å². The van der Waals surface area contributed by atoms with E-state index in [1.807, 2.05) is 23.0 Å². The number of carbonyl (C=O) groups excluding carboxylic acids is 1. The summed E-state index contributed by atoms with van der Waals surface area (Å²) in [5.74, 6) is 1.35. The van der Waals surface area contributed by atoms with E-state index in [9.17, 15) is 9.90 Å². The Morgan fingerprint density at radius 2 is 2.20 bits per heavy atom. The van der Waals surface area contributed by atoms with Gasteiger partial charge in [0.25, 0.3) is 0 Å². The highest BCUT2D eigenvalue weighted by atomic mass is 16.3. The van der Waals surface area contributed by atoms with Crippen LogP contribution in [0.15, 0.2) is 29.0 Å². The third-order valence-electron chi connectivity index (χ3n) is 7.33. The summed E-state index contributed by atoms with van der Waals surface area (Å²) in [6, 6.07) is 4.08. The highest BCUT2D eigenvalue weighted by Gasteiger charge is 2.43. The van der Waals surface area contributed by atoms with Crippen LogP contribution in [0.4, 0.5) is 0 Å². The monoisotopic (exact) mass is 413 g/mol. The Labute approximate surface area is 176 Å². The molecule has 0 aromatic carbocycles. The molecule has 2 aromatic rings. The Balaban J connectivity index is 1.18. The molecule has 0 radical (unpaired) electrons. The zero-order valence-corrected chi connectivity index (χ0v) is 17.4. The normalized spacial score (nSPS) is 30.3. The Morgan fingerprint density at radius 3 is 2.93 bits per heavy atom. The Morgan fingerprint density at radius 1 is 1.33 bits per heavy atom. The molecule has 3 saturated heterocycles. The maximum atomic E-state index is 12.7. The van der Waals surface area contributed by atoms with Gasteiger partial charge < -0.3 is 14.8 Å². The van der Waals surface area contributed by atoms with Gasteiger partial charge in [-0.15, -0.1) is 5.10 Å². The number of aromatic nitrogens is 3. The summed E-state index contributed by atoms with van der Waals surface area (Å²) in [7, 11) is 0. The fraction of sp³-hybridized carbons (Fsp3) is 0.682. The number of piperidine rings is 3. The van der Waals surface area contributed by atoms with Gasteiger partial charge in [0.05, 0.1) is 31.5 Å². The summed E-state index contributed by atoms with van der Waals surface area (Å²) >= 11 is 0. The fourth-order valence-corrected chi connectivity index (χ4v) is 5.55. The molecule has 5 heterocycles. The molecule has 4 aliphatic rings. The van der Waals surface area contributed by atoms with E-state index in [4.69, 9.17) is 4.42 Å². The molecular weight excluding hydrogens is 382 g/mol. The van der Waals surface area contributed by atoms with E-state index in [-0.39, 0.29) is 11.8 Å². The van der Waals surface area contributed by atoms with Gasteiger partial charge >= 0.3 is 0 Å². The molecule has 162 valence electrons. The molecule has 6 rings (SSSR count). The Kier molecular flexibility index (Phi) is 5.37. The molecule has 2 aromatic heterocycles. The molecule has 1 saturated carbocycles. The van der Waals surface area contributed by atoms with Crippen LogP contribution in [0, 0.1) is 11.8 Å². The molecule has 30 heavy (non-hydrogen) atoms. The van der Waals surface area contributed by atoms with Crippen molar-refractivity contribution in [1.82, 2.24) is 25.2 Å². The van der Waals surface area contributed by atoms with Crippen LogP contribution in [0.2, 0.25) is 0 Å². The number of nitrogens with zero attached hydrogens (tertiary/aromatic N) is 4. The van der Waals surface area contributed by atoms with Crippen LogP contribution >= 0.6 is 0 Å². The number of hydrogen-bond acceptors (Lipinski definition) is 6. The van der Waals surface area contributed by atoms with Gasteiger partial charge in [-0.25, -0.2) is 0 Å². The standard InChI is InChI=1S/C22H31N5O3/c28-21(23-12-18-5-4-10-30-18)19-14-26-9-6-16(19)11-17(26)13-27-15-20(24-25-27)22(29)7-2-1-3-8-22/h4-5,10,15-17,19,29H,1-3,6-9,11-14H2,(H,23,28). The van der Waals surface area contributed by atoms with Gasteiger partial charge in [0.2, 0.25) is 5.91 Å². The average Bonchev–Trinajstić information content (AvgIpc) is 3.45. The number of hydrogen-bond donors (Lipinski definition) is 2. The van der Waals surface area contributed by atoms with Gasteiger partial charge in [-0.3, -0.25) is 14.4 Å². The number of furan rings is 1. The minimum atomic E-state index is -0.806. The van der Waals surface area contributed by atoms with E-state index in [0.29, 0.717) is 24.2 Å². The second kappa shape index (κ2) is 8.15.